The minimum atomic E-state index is -2.96. The van der Waals surface area contributed by atoms with Gasteiger partial charge in [-0.05, 0) is 23.8 Å². The second kappa shape index (κ2) is 7.07. The summed E-state index contributed by atoms with van der Waals surface area (Å²) in [5.74, 6) is -0.0665. The van der Waals surface area contributed by atoms with E-state index in [9.17, 15) is 13.9 Å². The molecular formula is C15H12Cl2F2O2. The predicted molar refractivity (Wildman–Crippen MR) is 78.2 cm³/mol. The van der Waals surface area contributed by atoms with Crippen LogP contribution in [0.3, 0.4) is 0 Å². The van der Waals surface area contributed by atoms with Crippen LogP contribution in [0, 0.1) is 0 Å². The number of aliphatic hydroxyl groups is 1. The molecule has 2 rings (SSSR count). The van der Waals surface area contributed by atoms with Crippen LogP contribution < -0.4 is 4.74 Å². The highest BCUT2D eigenvalue weighted by atomic mass is 35.5. The lowest BCUT2D eigenvalue weighted by Crippen LogP contribution is -2.09. The van der Waals surface area contributed by atoms with Gasteiger partial charge in [-0.25, -0.2) is 0 Å². The average molecular weight is 333 g/mol. The van der Waals surface area contributed by atoms with Gasteiger partial charge in [-0.1, -0.05) is 47.5 Å². The maximum Gasteiger partial charge on any atom is 0.387 e. The number of benzene rings is 2. The van der Waals surface area contributed by atoms with Gasteiger partial charge < -0.3 is 9.84 Å². The molecule has 0 aliphatic carbocycles. The Balaban J connectivity index is 2.26. The number of aliphatic hydroxyl groups excluding tert-OH is 1. The van der Waals surface area contributed by atoms with Gasteiger partial charge >= 0.3 is 6.61 Å². The van der Waals surface area contributed by atoms with Crippen molar-refractivity contribution in [1.82, 2.24) is 0 Å². The lowest BCUT2D eigenvalue weighted by Gasteiger charge is -2.17. The normalized spacial score (nSPS) is 12.5. The highest BCUT2D eigenvalue weighted by Gasteiger charge is 2.18. The summed E-state index contributed by atoms with van der Waals surface area (Å²) in [6.45, 7) is -2.96. The molecule has 2 nitrogen and oxygen atoms in total. The van der Waals surface area contributed by atoms with Crippen LogP contribution in [0.5, 0.6) is 5.75 Å². The monoisotopic (exact) mass is 332 g/mol. The maximum absolute atomic E-state index is 12.4. The highest BCUT2D eigenvalue weighted by molar-refractivity contribution is 6.36. The van der Waals surface area contributed by atoms with E-state index in [-0.39, 0.29) is 17.7 Å². The van der Waals surface area contributed by atoms with Crippen LogP contribution >= 0.6 is 23.2 Å². The molecule has 1 unspecified atom stereocenters. The molecule has 0 fully saturated rings. The Morgan fingerprint density at radius 3 is 2.24 bits per heavy atom. The zero-order valence-corrected chi connectivity index (χ0v) is 12.3. The summed E-state index contributed by atoms with van der Waals surface area (Å²) in [7, 11) is 0. The van der Waals surface area contributed by atoms with E-state index in [1.54, 1.807) is 30.3 Å². The fourth-order valence-electron chi connectivity index (χ4n) is 1.99. The van der Waals surface area contributed by atoms with Crippen molar-refractivity contribution >= 4 is 23.2 Å². The van der Waals surface area contributed by atoms with E-state index in [0.29, 0.717) is 15.6 Å². The summed E-state index contributed by atoms with van der Waals surface area (Å²) in [6, 6.07) is 11.1. The Morgan fingerprint density at radius 1 is 1.00 bits per heavy atom. The van der Waals surface area contributed by atoms with Crippen LogP contribution in [0.4, 0.5) is 8.78 Å². The first kappa shape index (κ1) is 16.0. The van der Waals surface area contributed by atoms with Crippen LogP contribution in [0.25, 0.3) is 0 Å². The zero-order valence-electron chi connectivity index (χ0n) is 10.8. The lowest BCUT2D eigenvalue weighted by molar-refractivity contribution is -0.0515. The molecule has 0 amide bonds. The van der Waals surface area contributed by atoms with Gasteiger partial charge in [0.15, 0.2) is 0 Å². The maximum atomic E-state index is 12.4. The minimum absolute atomic E-state index is 0.0665. The number of ether oxygens (including phenoxy) is 1. The van der Waals surface area contributed by atoms with Gasteiger partial charge in [-0.3, -0.25) is 0 Å². The lowest BCUT2D eigenvalue weighted by atomic mass is 10.0. The van der Waals surface area contributed by atoms with Crippen molar-refractivity contribution < 1.29 is 18.6 Å². The van der Waals surface area contributed by atoms with Gasteiger partial charge in [0.2, 0.25) is 0 Å². The largest absolute Gasteiger partial charge is 0.434 e. The fraction of sp³-hybridized carbons (Fsp3) is 0.200. The Morgan fingerprint density at radius 2 is 1.62 bits per heavy atom. The van der Waals surface area contributed by atoms with Crippen molar-refractivity contribution in [2.75, 3.05) is 0 Å². The summed E-state index contributed by atoms with van der Waals surface area (Å²) in [4.78, 5) is 0. The van der Waals surface area contributed by atoms with Gasteiger partial charge in [0.1, 0.15) is 5.75 Å². The third-order valence-corrected chi connectivity index (χ3v) is 3.66. The Labute approximate surface area is 130 Å². The number of hydrogen-bond acceptors (Lipinski definition) is 2. The van der Waals surface area contributed by atoms with Crippen molar-refractivity contribution in [3.05, 3.63) is 63.6 Å². The van der Waals surface area contributed by atoms with Crippen LogP contribution in [0.2, 0.25) is 10.0 Å². The van der Waals surface area contributed by atoms with Gasteiger partial charge in [-0.2, -0.15) is 8.78 Å². The summed E-state index contributed by atoms with van der Waals surface area (Å²) >= 11 is 12.1. The average Bonchev–Trinajstić information content (AvgIpc) is 2.43. The quantitative estimate of drug-likeness (QED) is 0.846. The van der Waals surface area contributed by atoms with Gasteiger partial charge in [0, 0.05) is 22.0 Å². The van der Waals surface area contributed by atoms with Crippen molar-refractivity contribution in [2.45, 2.75) is 19.1 Å². The molecule has 0 heterocycles. The van der Waals surface area contributed by atoms with Gasteiger partial charge in [0.05, 0.1) is 6.10 Å². The first-order chi connectivity index (χ1) is 9.99. The fourth-order valence-corrected chi connectivity index (χ4v) is 2.54. The molecule has 0 saturated heterocycles. The summed E-state index contributed by atoms with van der Waals surface area (Å²) in [6.07, 6.45) is -0.959. The number of hydrogen-bond donors (Lipinski definition) is 1. The minimum Gasteiger partial charge on any atom is -0.434 e. The second-order valence-electron chi connectivity index (χ2n) is 4.34. The van der Waals surface area contributed by atoms with Gasteiger partial charge in [-0.15, -0.1) is 0 Å². The Hall–Kier alpha value is -1.36. The number of alkyl halides is 2. The third-order valence-electron chi connectivity index (χ3n) is 2.95. The molecule has 2 aromatic carbocycles. The van der Waals surface area contributed by atoms with E-state index in [0.717, 1.165) is 0 Å². The molecule has 0 aromatic heterocycles. The molecule has 2 aromatic rings. The van der Waals surface area contributed by atoms with E-state index >= 15 is 0 Å². The van der Waals surface area contributed by atoms with E-state index in [1.807, 2.05) is 0 Å². The van der Waals surface area contributed by atoms with E-state index in [4.69, 9.17) is 23.2 Å². The second-order valence-corrected chi connectivity index (χ2v) is 5.15. The third kappa shape index (κ3) is 4.06. The summed E-state index contributed by atoms with van der Waals surface area (Å²) in [5.41, 5.74) is 0.814. The van der Waals surface area contributed by atoms with Crippen LogP contribution in [0.1, 0.15) is 17.2 Å². The predicted octanol–water partition coefficient (Wildman–Crippen LogP) is 4.87. The summed E-state index contributed by atoms with van der Waals surface area (Å²) < 4.78 is 29.2. The van der Waals surface area contributed by atoms with Gasteiger partial charge in [0.25, 0.3) is 0 Å². The number of rotatable bonds is 5. The summed E-state index contributed by atoms with van der Waals surface area (Å²) in [5, 5.41) is 11.1. The molecule has 0 bridgehead atoms. The molecule has 112 valence electrons. The molecule has 0 aliphatic rings. The molecule has 21 heavy (non-hydrogen) atoms. The molecule has 0 radical (unpaired) electrons. The Bertz CT molecular complexity index is 600. The molecule has 0 saturated carbocycles. The molecular weight excluding hydrogens is 321 g/mol. The smallest absolute Gasteiger partial charge is 0.387 e. The first-order valence-corrected chi connectivity index (χ1v) is 6.89. The number of para-hydroxylation sites is 1. The molecule has 0 spiro atoms. The van der Waals surface area contributed by atoms with E-state index in [1.165, 1.54) is 12.1 Å². The van der Waals surface area contributed by atoms with Crippen LogP contribution in [0.15, 0.2) is 42.5 Å². The van der Waals surface area contributed by atoms with Crippen molar-refractivity contribution in [3.63, 3.8) is 0 Å². The SMILES string of the molecule is OC(Cc1c(Cl)cccc1Cl)c1ccccc1OC(F)F. The van der Waals surface area contributed by atoms with Crippen LogP contribution in [-0.4, -0.2) is 11.7 Å². The van der Waals surface area contributed by atoms with E-state index in [2.05, 4.69) is 4.74 Å². The molecule has 6 heteroatoms. The highest BCUT2D eigenvalue weighted by Crippen LogP contribution is 2.33. The molecule has 0 aliphatic heterocycles. The Kier molecular flexibility index (Phi) is 5.39. The van der Waals surface area contributed by atoms with Crippen molar-refractivity contribution in [1.29, 1.82) is 0 Å². The molecule has 1 atom stereocenters. The van der Waals surface area contributed by atoms with E-state index < -0.39 is 12.7 Å². The van der Waals surface area contributed by atoms with Crippen molar-refractivity contribution in [3.8, 4) is 5.75 Å². The topological polar surface area (TPSA) is 29.5 Å². The number of halogens is 4. The molecule has 1 N–H and O–H groups in total. The zero-order chi connectivity index (χ0) is 15.4. The standard InChI is InChI=1S/C15H12Cl2F2O2/c16-11-5-3-6-12(17)10(11)8-13(20)9-4-1-2-7-14(9)21-15(18)19/h1-7,13,15,20H,8H2. The first-order valence-electron chi connectivity index (χ1n) is 6.13. The van der Waals surface area contributed by atoms with Crippen molar-refractivity contribution in [2.24, 2.45) is 0 Å². The van der Waals surface area contributed by atoms with Crippen LogP contribution in [-0.2, 0) is 6.42 Å².